The highest BCUT2D eigenvalue weighted by Crippen LogP contribution is 2.26. The van der Waals surface area contributed by atoms with Gasteiger partial charge in [-0.1, -0.05) is 0 Å². The van der Waals surface area contributed by atoms with Gasteiger partial charge in [-0.3, -0.25) is 0 Å². The Hall–Kier alpha value is -0.330. The second kappa shape index (κ2) is 3.43. The molecule has 13 heavy (non-hydrogen) atoms. The van der Waals surface area contributed by atoms with Gasteiger partial charge in [-0.15, -0.1) is 0 Å². The molecule has 0 amide bonds. The maximum absolute atomic E-state index is 9.34. The van der Waals surface area contributed by atoms with Crippen molar-refractivity contribution in [3.63, 3.8) is 0 Å². The van der Waals surface area contributed by atoms with Crippen LogP contribution in [0.2, 0.25) is 0 Å². The summed E-state index contributed by atoms with van der Waals surface area (Å²) in [4.78, 5) is 0. The van der Waals surface area contributed by atoms with E-state index < -0.39 is 5.79 Å². The molecule has 0 heterocycles. The monoisotopic (exact) mass is 293 g/mol. The van der Waals surface area contributed by atoms with Crippen molar-refractivity contribution in [3.05, 3.63) is 26.8 Å². The van der Waals surface area contributed by atoms with Crippen LogP contribution in [0, 0.1) is 10.5 Å². The van der Waals surface area contributed by atoms with E-state index in [0.29, 0.717) is 11.3 Å². The summed E-state index contributed by atoms with van der Waals surface area (Å²) in [6.07, 6.45) is 0. The van der Waals surface area contributed by atoms with E-state index in [9.17, 15) is 10.2 Å². The number of aliphatic hydroxyl groups is 2. The van der Waals surface area contributed by atoms with E-state index in [1.807, 2.05) is 6.92 Å². The standard InChI is InChI=1S/C9H12INO2/c1-5-3-6(9(2,12)13)4-7(10)8(5)11/h3-4,12-13H,11H2,1-2H3. The number of hydrogen-bond acceptors (Lipinski definition) is 3. The van der Waals surface area contributed by atoms with Gasteiger partial charge < -0.3 is 15.9 Å². The van der Waals surface area contributed by atoms with Crippen LogP contribution in [0.4, 0.5) is 5.69 Å². The Morgan fingerprint density at radius 2 is 1.92 bits per heavy atom. The summed E-state index contributed by atoms with van der Waals surface area (Å²) in [5, 5.41) is 18.7. The Bertz CT molecular complexity index is 308. The fourth-order valence-electron chi connectivity index (χ4n) is 1.03. The second-order valence-electron chi connectivity index (χ2n) is 3.21. The van der Waals surface area contributed by atoms with Crippen molar-refractivity contribution < 1.29 is 10.2 Å². The number of nitrogen functional groups attached to an aromatic ring is 1. The van der Waals surface area contributed by atoms with Gasteiger partial charge in [0.1, 0.15) is 0 Å². The van der Waals surface area contributed by atoms with E-state index in [0.717, 1.165) is 9.13 Å². The number of hydrogen-bond donors (Lipinski definition) is 3. The molecule has 4 N–H and O–H groups in total. The van der Waals surface area contributed by atoms with Crippen LogP contribution in [-0.4, -0.2) is 10.2 Å². The molecule has 0 aromatic heterocycles. The van der Waals surface area contributed by atoms with Gasteiger partial charge in [-0.2, -0.15) is 0 Å². The molecule has 4 heteroatoms. The summed E-state index contributed by atoms with van der Waals surface area (Å²) in [6.45, 7) is 3.17. The van der Waals surface area contributed by atoms with Crippen molar-refractivity contribution in [1.29, 1.82) is 0 Å². The molecule has 0 aliphatic carbocycles. The number of rotatable bonds is 1. The summed E-state index contributed by atoms with van der Waals surface area (Å²) in [5.41, 5.74) is 7.73. The molecule has 0 unspecified atom stereocenters. The maximum atomic E-state index is 9.34. The highest BCUT2D eigenvalue weighted by molar-refractivity contribution is 14.1. The molecule has 0 saturated carbocycles. The first-order valence-corrected chi connectivity index (χ1v) is 4.91. The van der Waals surface area contributed by atoms with Crippen LogP contribution in [0.1, 0.15) is 18.1 Å². The molecular weight excluding hydrogens is 281 g/mol. The average Bonchev–Trinajstić information content (AvgIpc) is 1.97. The summed E-state index contributed by atoms with van der Waals surface area (Å²) in [7, 11) is 0. The zero-order valence-corrected chi connectivity index (χ0v) is 9.66. The number of halogens is 1. The summed E-state index contributed by atoms with van der Waals surface area (Å²) in [6, 6.07) is 3.35. The van der Waals surface area contributed by atoms with E-state index in [2.05, 4.69) is 22.6 Å². The van der Waals surface area contributed by atoms with Crippen molar-refractivity contribution in [1.82, 2.24) is 0 Å². The Morgan fingerprint density at radius 1 is 1.38 bits per heavy atom. The lowest BCUT2D eigenvalue weighted by Crippen LogP contribution is -2.20. The van der Waals surface area contributed by atoms with E-state index in [4.69, 9.17) is 5.73 Å². The number of benzene rings is 1. The Morgan fingerprint density at radius 3 is 2.31 bits per heavy atom. The first kappa shape index (κ1) is 10.7. The molecule has 0 bridgehead atoms. The maximum Gasteiger partial charge on any atom is 0.186 e. The number of nitrogens with two attached hydrogens (primary N) is 1. The molecule has 0 aliphatic rings. The lowest BCUT2D eigenvalue weighted by molar-refractivity contribution is -0.152. The quantitative estimate of drug-likeness (QED) is 0.416. The largest absolute Gasteiger partial charge is 0.398 e. The lowest BCUT2D eigenvalue weighted by atomic mass is 10.0. The molecule has 1 rings (SSSR count). The highest BCUT2D eigenvalue weighted by atomic mass is 127. The van der Waals surface area contributed by atoms with Gasteiger partial charge in [-0.05, 0) is 54.1 Å². The van der Waals surface area contributed by atoms with Crippen LogP contribution in [0.15, 0.2) is 12.1 Å². The topological polar surface area (TPSA) is 66.5 Å². The van der Waals surface area contributed by atoms with E-state index >= 15 is 0 Å². The minimum Gasteiger partial charge on any atom is -0.398 e. The predicted molar refractivity (Wildman–Crippen MR) is 60.1 cm³/mol. The molecule has 0 aliphatic heterocycles. The van der Waals surface area contributed by atoms with Gasteiger partial charge in [0.25, 0.3) is 0 Å². The van der Waals surface area contributed by atoms with Crippen LogP contribution in [0.3, 0.4) is 0 Å². The molecule has 3 nitrogen and oxygen atoms in total. The lowest BCUT2D eigenvalue weighted by Gasteiger charge is -2.18. The Labute approximate surface area is 90.7 Å². The molecule has 0 fully saturated rings. The van der Waals surface area contributed by atoms with Crippen molar-refractivity contribution in [2.24, 2.45) is 0 Å². The van der Waals surface area contributed by atoms with E-state index in [-0.39, 0.29) is 0 Å². The second-order valence-corrected chi connectivity index (χ2v) is 4.37. The highest BCUT2D eigenvalue weighted by Gasteiger charge is 2.19. The Kier molecular flexibility index (Phi) is 2.84. The smallest absolute Gasteiger partial charge is 0.186 e. The summed E-state index contributed by atoms with van der Waals surface area (Å²) < 4.78 is 0.835. The van der Waals surface area contributed by atoms with Gasteiger partial charge in [0.2, 0.25) is 0 Å². The van der Waals surface area contributed by atoms with Crippen LogP contribution in [-0.2, 0) is 5.79 Å². The fourth-order valence-corrected chi connectivity index (χ4v) is 1.79. The summed E-state index contributed by atoms with van der Waals surface area (Å²) >= 11 is 2.07. The number of anilines is 1. The third-order valence-electron chi connectivity index (χ3n) is 1.88. The van der Waals surface area contributed by atoms with Gasteiger partial charge in [0.05, 0.1) is 0 Å². The molecule has 0 spiro atoms. The first-order valence-electron chi connectivity index (χ1n) is 3.83. The van der Waals surface area contributed by atoms with Crippen molar-refractivity contribution >= 4 is 28.3 Å². The molecule has 1 aromatic carbocycles. The van der Waals surface area contributed by atoms with Crippen LogP contribution in [0.5, 0.6) is 0 Å². The third kappa shape index (κ3) is 2.32. The zero-order valence-electron chi connectivity index (χ0n) is 7.50. The van der Waals surface area contributed by atoms with Crippen LogP contribution in [0.25, 0.3) is 0 Å². The molecule has 0 radical (unpaired) electrons. The van der Waals surface area contributed by atoms with Crippen molar-refractivity contribution in [2.75, 3.05) is 5.73 Å². The van der Waals surface area contributed by atoms with Crippen molar-refractivity contribution in [3.8, 4) is 0 Å². The van der Waals surface area contributed by atoms with Gasteiger partial charge in [0.15, 0.2) is 5.79 Å². The van der Waals surface area contributed by atoms with Gasteiger partial charge in [-0.25, -0.2) is 0 Å². The van der Waals surface area contributed by atoms with Gasteiger partial charge >= 0.3 is 0 Å². The minimum absolute atomic E-state index is 0.462. The molecule has 1 aromatic rings. The zero-order chi connectivity index (χ0) is 10.2. The van der Waals surface area contributed by atoms with Crippen LogP contribution >= 0.6 is 22.6 Å². The molecule has 72 valence electrons. The van der Waals surface area contributed by atoms with E-state index in [1.165, 1.54) is 6.92 Å². The fraction of sp³-hybridized carbons (Fsp3) is 0.333. The van der Waals surface area contributed by atoms with Crippen LogP contribution < -0.4 is 5.73 Å². The van der Waals surface area contributed by atoms with Crippen molar-refractivity contribution in [2.45, 2.75) is 19.6 Å². The number of aryl methyl sites for hydroxylation is 1. The SMILES string of the molecule is Cc1cc(C(C)(O)O)cc(I)c1N. The first-order chi connectivity index (χ1) is 5.82. The Balaban J connectivity index is 3.29. The predicted octanol–water partition coefficient (Wildman–Crippen LogP) is 1.34. The van der Waals surface area contributed by atoms with Gasteiger partial charge in [0, 0.05) is 14.8 Å². The third-order valence-corrected chi connectivity index (χ3v) is 2.78. The summed E-state index contributed by atoms with van der Waals surface area (Å²) in [5.74, 6) is -1.79. The molecule has 0 saturated heterocycles. The van der Waals surface area contributed by atoms with E-state index in [1.54, 1.807) is 12.1 Å². The average molecular weight is 293 g/mol. The normalized spacial score (nSPS) is 11.8. The minimum atomic E-state index is -1.79. The molecular formula is C9H12INO2. The molecule has 0 atom stereocenters.